The molecule has 0 atom stereocenters. The molecule has 0 saturated carbocycles. The van der Waals surface area contributed by atoms with Crippen LogP contribution in [-0.4, -0.2) is 16.1 Å². The second-order valence-electron chi connectivity index (χ2n) is 6.30. The summed E-state index contributed by atoms with van der Waals surface area (Å²) in [5, 5.41) is 8.99. The molecule has 0 amide bonds. The number of alkyl halides is 1. The van der Waals surface area contributed by atoms with E-state index >= 15 is 0 Å². The van der Waals surface area contributed by atoms with Gasteiger partial charge >= 0.3 is 5.97 Å². The molecule has 0 bridgehead atoms. The highest BCUT2D eigenvalue weighted by Gasteiger charge is 2.11. The van der Waals surface area contributed by atoms with Gasteiger partial charge in [0.05, 0.1) is 0 Å². The standard InChI is InChI=1S/C22H20FNO2/c1-15-4-7-20(16(11-15)6-9-22(25)26)17-5-8-21(19(12-17)13-23)18-3-2-10-24-14-18/h2-5,7-8,10-12,14H,6,9,13H2,1H3,(H,25,26). The zero-order valence-electron chi connectivity index (χ0n) is 14.6. The van der Waals surface area contributed by atoms with Crippen LogP contribution in [0.25, 0.3) is 22.3 Å². The Morgan fingerprint density at radius 2 is 1.81 bits per heavy atom. The smallest absolute Gasteiger partial charge is 0.303 e. The first-order valence-corrected chi connectivity index (χ1v) is 8.49. The minimum absolute atomic E-state index is 0.0696. The summed E-state index contributed by atoms with van der Waals surface area (Å²) >= 11 is 0. The fourth-order valence-corrected chi connectivity index (χ4v) is 3.13. The molecule has 0 spiro atoms. The second kappa shape index (κ2) is 7.91. The van der Waals surface area contributed by atoms with E-state index < -0.39 is 12.6 Å². The largest absolute Gasteiger partial charge is 0.481 e. The molecule has 0 aliphatic heterocycles. The molecule has 0 radical (unpaired) electrons. The van der Waals surface area contributed by atoms with E-state index in [-0.39, 0.29) is 6.42 Å². The van der Waals surface area contributed by atoms with Crippen LogP contribution in [0.4, 0.5) is 4.39 Å². The Bertz CT molecular complexity index is 923. The molecule has 3 aromatic rings. The highest BCUT2D eigenvalue weighted by atomic mass is 19.1. The van der Waals surface area contributed by atoms with Crippen LogP contribution in [0.3, 0.4) is 0 Å². The Kier molecular flexibility index (Phi) is 5.42. The molecule has 1 N–H and O–H groups in total. The minimum atomic E-state index is -0.825. The summed E-state index contributed by atoms with van der Waals surface area (Å²) in [7, 11) is 0. The van der Waals surface area contributed by atoms with E-state index in [0.717, 1.165) is 33.4 Å². The van der Waals surface area contributed by atoms with Crippen LogP contribution < -0.4 is 0 Å². The number of pyridine rings is 1. The molecular formula is C22H20FNO2. The number of halogens is 1. The van der Waals surface area contributed by atoms with Crippen molar-refractivity contribution in [1.29, 1.82) is 0 Å². The quantitative estimate of drug-likeness (QED) is 0.664. The van der Waals surface area contributed by atoms with Gasteiger partial charge in [0.15, 0.2) is 0 Å². The molecule has 132 valence electrons. The van der Waals surface area contributed by atoms with Crippen LogP contribution in [0.5, 0.6) is 0 Å². The predicted molar refractivity (Wildman–Crippen MR) is 101 cm³/mol. The molecule has 1 heterocycles. The normalized spacial score (nSPS) is 10.7. The SMILES string of the molecule is Cc1ccc(-c2ccc(-c3cccnc3)c(CF)c2)c(CCC(=O)O)c1. The van der Waals surface area contributed by atoms with Crippen molar-refractivity contribution in [2.24, 2.45) is 0 Å². The summed E-state index contributed by atoms with van der Waals surface area (Å²) in [5.41, 5.74) is 6.18. The fourth-order valence-electron chi connectivity index (χ4n) is 3.13. The summed E-state index contributed by atoms with van der Waals surface area (Å²) in [6.45, 7) is 1.40. The van der Waals surface area contributed by atoms with Gasteiger partial charge in [0.1, 0.15) is 6.67 Å². The molecule has 26 heavy (non-hydrogen) atoms. The molecule has 0 saturated heterocycles. The molecule has 0 aliphatic carbocycles. The van der Waals surface area contributed by atoms with Crippen LogP contribution in [-0.2, 0) is 17.9 Å². The summed E-state index contributed by atoms with van der Waals surface area (Å²) < 4.78 is 13.7. The molecule has 3 nitrogen and oxygen atoms in total. The highest BCUT2D eigenvalue weighted by Crippen LogP contribution is 2.32. The Hall–Kier alpha value is -3.01. The number of nitrogens with zero attached hydrogens (tertiary/aromatic N) is 1. The van der Waals surface area contributed by atoms with Gasteiger partial charge in [-0.3, -0.25) is 9.78 Å². The molecular weight excluding hydrogens is 329 g/mol. The molecule has 1 aromatic heterocycles. The summed E-state index contributed by atoms with van der Waals surface area (Å²) in [6, 6.07) is 15.4. The number of carboxylic acid groups (broad SMARTS) is 1. The Morgan fingerprint density at radius 1 is 1.04 bits per heavy atom. The fraction of sp³-hybridized carbons (Fsp3) is 0.182. The van der Waals surface area contributed by atoms with Gasteiger partial charge in [-0.15, -0.1) is 0 Å². The van der Waals surface area contributed by atoms with Gasteiger partial charge < -0.3 is 5.11 Å². The maximum absolute atomic E-state index is 13.7. The third-order valence-corrected chi connectivity index (χ3v) is 4.40. The first kappa shape index (κ1) is 17.8. The number of hydrogen-bond donors (Lipinski definition) is 1. The predicted octanol–water partition coefficient (Wildman–Crippen LogP) is 5.21. The van der Waals surface area contributed by atoms with Crippen LogP contribution in [0.1, 0.15) is 23.1 Å². The lowest BCUT2D eigenvalue weighted by Crippen LogP contribution is -2.00. The van der Waals surface area contributed by atoms with Crippen molar-refractivity contribution in [3.63, 3.8) is 0 Å². The Morgan fingerprint density at radius 3 is 2.50 bits per heavy atom. The maximum Gasteiger partial charge on any atom is 0.303 e. The van der Waals surface area contributed by atoms with Crippen LogP contribution in [0.2, 0.25) is 0 Å². The molecule has 0 unspecified atom stereocenters. The van der Waals surface area contributed by atoms with Crippen LogP contribution >= 0.6 is 0 Å². The van der Waals surface area contributed by atoms with Crippen molar-refractivity contribution in [2.75, 3.05) is 0 Å². The van der Waals surface area contributed by atoms with Crippen molar-refractivity contribution in [3.05, 3.63) is 77.6 Å². The second-order valence-corrected chi connectivity index (χ2v) is 6.30. The first-order chi connectivity index (χ1) is 12.6. The third kappa shape index (κ3) is 3.97. The van der Waals surface area contributed by atoms with Crippen LogP contribution in [0.15, 0.2) is 60.9 Å². The van der Waals surface area contributed by atoms with E-state index in [1.54, 1.807) is 12.4 Å². The van der Waals surface area contributed by atoms with E-state index in [1.165, 1.54) is 0 Å². The van der Waals surface area contributed by atoms with E-state index in [0.29, 0.717) is 12.0 Å². The number of aryl methyl sites for hydroxylation is 2. The van der Waals surface area contributed by atoms with Gasteiger partial charge in [0.2, 0.25) is 0 Å². The molecule has 3 rings (SSSR count). The van der Waals surface area contributed by atoms with Gasteiger partial charge in [0, 0.05) is 24.4 Å². The monoisotopic (exact) mass is 349 g/mol. The number of carboxylic acids is 1. The lowest BCUT2D eigenvalue weighted by Gasteiger charge is -2.14. The molecule has 2 aromatic carbocycles. The first-order valence-electron chi connectivity index (χ1n) is 8.49. The van der Waals surface area contributed by atoms with Crippen molar-refractivity contribution in [3.8, 4) is 22.3 Å². The number of hydrogen-bond acceptors (Lipinski definition) is 2. The van der Waals surface area contributed by atoms with Crippen molar-refractivity contribution in [2.45, 2.75) is 26.4 Å². The Labute approximate surface area is 152 Å². The Balaban J connectivity index is 2.04. The van der Waals surface area contributed by atoms with Crippen molar-refractivity contribution in [1.82, 2.24) is 4.98 Å². The summed E-state index contributed by atoms with van der Waals surface area (Å²) in [4.78, 5) is 15.1. The van der Waals surface area contributed by atoms with E-state index in [1.807, 2.05) is 55.5 Å². The zero-order chi connectivity index (χ0) is 18.5. The number of aliphatic carboxylic acids is 1. The lowest BCUT2D eigenvalue weighted by atomic mass is 9.91. The number of benzene rings is 2. The zero-order valence-corrected chi connectivity index (χ0v) is 14.6. The third-order valence-electron chi connectivity index (χ3n) is 4.40. The number of rotatable bonds is 6. The highest BCUT2D eigenvalue weighted by molar-refractivity contribution is 5.75. The molecule has 0 aliphatic rings. The number of carbonyl (C=O) groups is 1. The van der Waals surface area contributed by atoms with E-state index in [9.17, 15) is 9.18 Å². The average Bonchev–Trinajstić information content (AvgIpc) is 2.66. The van der Waals surface area contributed by atoms with Gasteiger partial charge in [-0.2, -0.15) is 0 Å². The minimum Gasteiger partial charge on any atom is -0.481 e. The summed E-state index contributed by atoms with van der Waals surface area (Å²) in [5.74, 6) is -0.825. The topological polar surface area (TPSA) is 50.2 Å². The van der Waals surface area contributed by atoms with Crippen molar-refractivity contribution >= 4 is 5.97 Å². The lowest BCUT2D eigenvalue weighted by molar-refractivity contribution is -0.136. The van der Waals surface area contributed by atoms with Gasteiger partial charge in [-0.1, -0.05) is 42.0 Å². The van der Waals surface area contributed by atoms with Gasteiger partial charge in [0.25, 0.3) is 0 Å². The van der Waals surface area contributed by atoms with Gasteiger partial charge in [-0.25, -0.2) is 4.39 Å². The maximum atomic E-state index is 13.7. The number of aromatic nitrogens is 1. The molecule has 0 fully saturated rings. The summed E-state index contributed by atoms with van der Waals surface area (Å²) in [6.07, 6.45) is 3.92. The van der Waals surface area contributed by atoms with E-state index in [2.05, 4.69) is 4.98 Å². The van der Waals surface area contributed by atoms with Crippen molar-refractivity contribution < 1.29 is 14.3 Å². The molecule has 4 heteroatoms. The van der Waals surface area contributed by atoms with Crippen LogP contribution in [0, 0.1) is 6.92 Å². The van der Waals surface area contributed by atoms with E-state index in [4.69, 9.17) is 5.11 Å². The van der Waals surface area contributed by atoms with Gasteiger partial charge in [-0.05, 0) is 53.3 Å². The average molecular weight is 349 g/mol.